The van der Waals surface area contributed by atoms with Crippen molar-refractivity contribution in [3.63, 3.8) is 0 Å². The van der Waals surface area contributed by atoms with Crippen molar-refractivity contribution in [2.45, 2.75) is 38.6 Å². The maximum atomic E-state index is 13.1. The number of hydrogen-bond donors (Lipinski definition) is 0. The zero-order chi connectivity index (χ0) is 31.6. The van der Waals surface area contributed by atoms with Crippen LogP contribution in [0.25, 0.3) is 11.6 Å². The second kappa shape index (κ2) is 12.7. The van der Waals surface area contributed by atoms with Crippen LogP contribution in [-0.2, 0) is 0 Å². The molecular weight excluding hydrogens is 576 g/mol. The van der Waals surface area contributed by atoms with Crippen LogP contribution < -0.4 is 14.2 Å². The fourth-order valence-electron chi connectivity index (χ4n) is 6.54. The first-order valence-electron chi connectivity index (χ1n) is 15.9. The van der Waals surface area contributed by atoms with E-state index in [2.05, 4.69) is 11.1 Å². The lowest BCUT2D eigenvalue weighted by molar-refractivity contribution is 0.0774. The summed E-state index contributed by atoms with van der Waals surface area (Å²) in [6.45, 7) is 3.81. The molecule has 4 aromatic carbocycles. The number of aryl methyl sites for hydroxylation is 1. The van der Waals surface area contributed by atoms with Gasteiger partial charge in [0.05, 0.1) is 37.6 Å². The average Bonchev–Trinajstić information content (AvgIpc) is 3.52. The molecule has 3 aliphatic rings. The van der Waals surface area contributed by atoms with Gasteiger partial charge in [0.2, 0.25) is 0 Å². The van der Waals surface area contributed by atoms with Gasteiger partial charge in [-0.1, -0.05) is 54.6 Å². The van der Waals surface area contributed by atoms with Gasteiger partial charge in [0.1, 0.15) is 5.75 Å². The first kappa shape index (κ1) is 29.5. The van der Waals surface area contributed by atoms with Gasteiger partial charge >= 0.3 is 0 Å². The summed E-state index contributed by atoms with van der Waals surface area (Å²) in [7, 11) is 1.64. The van der Waals surface area contributed by atoms with Crippen LogP contribution >= 0.6 is 0 Å². The molecule has 2 heterocycles. The SMILES string of the molecule is COc1cc(C=C2c3ccccc3C(=O)c3ccccc32)ccc1OCCCCOc1cc2c(cc1C)C(=O)N1CCC[C@H]1C=N2. The molecule has 0 spiro atoms. The molecule has 4 aromatic rings. The van der Waals surface area contributed by atoms with E-state index in [0.717, 1.165) is 65.8 Å². The molecule has 1 atom stereocenters. The normalized spacial score (nSPS) is 16.3. The number of carbonyl (C=O) groups excluding carboxylic acids is 2. The zero-order valence-corrected chi connectivity index (χ0v) is 26.1. The van der Waals surface area contributed by atoms with Crippen LogP contribution in [0.15, 0.2) is 83.9 Å². The van der Waals surface area contributed by atoms with Crippen molar-refractivity contribution >= 4 is 35.2 Å². The number of nitrogens with zero attached hydrogens (tertiary/aromatic N) is 2. The van der Waals surface area contributed by atoms with Gasteiger partial charge in [0.25, 0.3) is 5.91 Å². The van der Waals surface area contributed by atoms with E-state index in [-0.39, 0.29) is 17.7 Å². The second-order valence-corrected chi connectivity index (χ2v) is 11.9. The van der Waals surface area contributed by atoms with Crippen molar-refractivity contribution in [2.75, 3.05) is 26.9 Å². The summed E-state index contributed by atoms with van der Waals surface area (Å²) in [4.78, 5) is 32.7. The molecule has 0 radical (unpaired) electrons. The molecule has 7 rings (SSSR count). The summed E-state index contributed by atoms with van der Waals surface area (Å²) in [5.41, 5.74) is 7.50. The molecule has 1 saturated heterocycles. The van der Waals surface area contributed by atoms with Crippen LogP contribution in [0.2, 0.25) is 0 Å². The molecule has 1 fully saturated rings. The Labute approximate surface area is 269 Å². The van der Waals surface area contributed by atoms with Crippen LogP contribution in [0.1, 0.15) is 74.2 Å². The van der Waals surface area contributed by atoms with E-state index in [4.69, 9.17) is 14.2 Å². The third-order valence-electron chi connectivity index (χ3n) is 8.95. The van der Waals surface area contributed by atoms with Crippen LogP contribution in [0.3, 0.4) is 0 Å². The number of hydrogen-bond acceptors (Lipinski definition) is 6. The highest BCUT2D eigenvalue weighted by Crippen LogP contribution is 2.38. The minimum Gasteiger partial charge on any atom is -0.493 e. The fraction of sp³-hybridized carbons (Fsp3) is 0.256. The van der Waals surface area contributed by atoms with E-state index in [1.165, 1.54) is 0 Å². The van der Waals surface area contributed by atoms with Crippen LogP contribution in [0.5, 0.6) is 17.2 Å². The van der Waals surface area contributed by atoms with Crippen LogP contribution in [0, 0.1) is 6.92 Å². The Morgan fingerprint density at radius 3 is 2.17 bits per heavy atom. The third kappa shape index (κ3) is 5.58. The van der Waals surface area contributed by atoms with Gasteiger partial charge in [-0.3, -0.25) is 14.6 Å². The maximum Gasteiger partial charge on any atom is 0.256 e. The number of ketones is 1. The van der Waals surface area contributed by atoms with E-state index in [1.807, 2.05) is 96.9 Å². The minimum absolute atomic E-state index is 0.0502. The number of aliphatic imine (C=N–C) groups is 1. The third-order valence-corrected chi connectivity index (χ3v) is 8.95. The Balaban J connectivity index is 0.978. The number of unbranched alkanes of at least 4 members (excludes halogenated alkanes) is 1. The first-order chi connectivity index (χ1) is 22.5. The number of rotatable bonds is 9. The van der Waals surface area contributed by atoms with Gasteiger partial charge < -0.3 is 19.1 Å². The number of carbonyl (C=O) groups is 2. The van der Waals surface area contributed by atoms with Crippen molar-refractivity contribution in [3.05, 3.63) is 118 Å². The predicted octanol–water partition coefficient (Wildman–Crippen LogP) is 7.70. The highest BCUT2D eigenvalue weighted by atomic mass is 16.5. The Morgan fingerprint density at radius 1 is 0.804 bits per heavy atom. The molecule has 2 aliphatic heterocycles. The molecule has 0 aromatic heterocycles. The highest BCUT2D eigenvalue weighted by Gasteiger charge is 2.32. The molecule has 7 heteroatoms. The van der Waals surface area contributed by atoms with Gasteiger partial charge in [-0.05, 0) is 84.7 Å². The Bertz CT molecular complexity index is 1840. The van der Waals surface area contributed by atoms with Gasteiger partial charge in [0, 0.05) is 30.0 Å². The average molecular weight is 613 g/mol. The highest BCUT2D eigenvalue weighted by molar-refractivity contribution is 6.20. The molecule has 7 nitrogen and oxygen atoms in total. The van der Waals surface area contributed by atoms with Crippen LogP contribution in [0.4, 0.5) is 5.69 Å². The van der Waals surface area contributed by atoms with Gasteiger partial charge in [-0.2, -0.15) is 0 Å². The molecule has 0 bridgehead atoms. The van der Waals surface area contributed by atoms with Gasteiger partial charge in [-0.15, -0.1) is 0 Å². The molecule has 0 saturated carbocycles. The van der Waals surface area contributed by atoms with E-state index >= 15 is 0 Å². The number of methoxy groups -OCH3 is 1. The zero-order valence-electron chi connectivity index (χ0n) is 26.1. The number of benzene rings is 4. The smallest absolute Gasteiger partial charge is 0.256 e. The van der Waals surface area contributed by atoms with E-state index < -0.39 is 0 Å². The van der Waals surface area contributed by atoms with Gasteiger partial charge in [0.15, 0.2) is 17.3 Å². The maximum absolute atomic E-state index is 13.1. The molecule has 0 unspecified atom stereocenters. The molecule has 1 aliphatic carbocycles. The van der Waals surface area contributed by atoms with Crippen molar-refractivity contribution in [2.24, 2.45) is 4.99 Å². The second-order valence-electron chi connectivity index (χ2n) is 11.9. The van der Waals surface area contributed by atoms with Crippen molar-refractivity contribution in [3.8, 4) is 17.2 Å². The summed E-state index contributed by atoms with van der Waals surface area (Å²) in [6.07, 6.45) is 7.60. The van der Waals surface area contributed by atoms with E-state index in [0.29, 0.717) is 47.1 Å². The summed E-state index contributed by atoms with van der Waals surface area (Å²) in [6, 6.07) is 25.3. The van der Waals surface area contributed by atoms with Crippen molar-refractivity contribution < 1.29 is 23.8 Å². The van der Waals surface area contributed by atoms with Crippen molar-refractivity contribution in [1.29, 1.82) is 0 Å². The Hall–Kier alpha value is -5.17. The lowest BCUT2D eigenvalue weighted by atomic mass is 9.81. The molecule has 232 valence electrons. The monoisotopic (exact) mass is 612 g/mol. The Morgan fingerprint density at radius 2 is 1.48 bits per heavy atom. The number of fused-ring (bicyclic) bond motifs is 4. The molecule has 0 N–H and O–H groups in total. The van der Waals surface area contributed by atoms with Gasteiger partial charge in [-0.25, -0.2) is 0 Å². The quantitative estimate of drug-likeness (QED) is 0.160. The summed E-state index contributed by atoms with van der Waals surface area (Å²) >= 11 is 0. The number of amides is 1. The molecule has 1 amide bonds. The lowest BCUT2D eigenvalue weighted by Crippen LogP contribution is -2.35. The largest absolute Gasteiger partial charge is 0.493 e. The predicted molar refractivity (Wildman–Crippen MR) is 180 cm³/mol. The lowest BCUT2D eigenvalue weighted by Gasteiger charge is -2.21. The topological polar surface area (TPSA) is 77.4 Å². The molecular formula is C39H36N2O5. The first-order valence-corrected chi connectivity index (χ1v) is 15.9. The fourth-order valence-corrected chi connectivity index (χ4v) is 6.54. The van der Waals surface area contributed by atoms with Crippen LogP contribution in [-0.4, -0.2) is 55.7 Å². The summed E-state index contributed by atoms with van der Waals surface area (Å²) < 4.78 is 17.9. The van der Waals surface area contributed by atoms with E-state index in [1.54, 1.807) is 7.11 Å². The summed E-state index contributed by atoms with van der Waals surface area (Å²) in [5.74, 6) is 2.19. The van der Waals surface area contributed by atoms with E-state index in [9.17, 15) is 9.59 Å². The van der Waals surface area contributed by atoms with Crippen molar-refractivity contribution in [1.82, 2.24) is 4.90 Å². The minimum atomic E-state index is 0.0502. The number of ether oxygens (including phenoxy) is 3. The summed E-state index contributed by atoms with van der Waals surface area (Å²) in [5, 5.41) is 0. The Kier molecular flexibility index (Phi) is 8.14. The molecule has 46 heavy (non-hydrogen) atoms. The standard InChI is InChI=1S/C39H36N2O5/c1-25-20-33-34(40-24-27-10-9-17-41(27)39(33)43)23-36(25)46-19-8-7-18-45-35-16-15-26(22-37(35)44-2)21-32-28-11-3-5-13-30(28)38(42)31-14-6-4-12-29(31)32/h3-6,11-16,20-24,27H,7-10,17-19H2,1-2H3/t27-/m0/s1.